The van der Waals surface area contributed by atoms with Gasteiger partial charge in [-0.3, -0.25) is 14.2 Å². The van der Waals surface area contributed by atoms with Crippen LogP contribution in [0.1, 0.15) is 15.9 Å². The highest BCUT2D eigenvalue weighted by molar-refractivity contribution is 7.89. The number of primary sulfonamides is 1. The zero-order valence-electron chi connectivity index (χ0n) is 16.5. The fourth-order valence-corrected chi connectivity index (χ4v) is 3.73. The van der Waals surface area contributed by atoms with Crippen LogP contribution in [0.15, 0.2) is 82.6 Å². The van der Waals surface area contributed by atoms with E-state index in [-0.39, 0.29) is 22.7 Å². The zero-order chi connectivity index (χ0) is 22.9. The second-order valence-corrected chi connectivity index (χ2v) is 8.58. The number of carbonyl (C=O) groups excluding carboxylic acids is 1. The number of carbonyl (C=O) groups is 1. The van der Waals surface area contributed by atoms with E-state index in [1.54, 1.807) is 24.3 Å². The highest BCUT2D eigenvalue weighted by Gasteiger charge is 2.17. The van der Waals surface area contributed by atoms with E-state index in [9.17, 15) is 22.4 Å². The van der Waals surface area contributed by atoms with E-state index in [2.05, 4.69) is 10.3 Å². The summed E-state index contributed by atoms with van der Waals surface area (Å²) >= 11 is 0. The second kappa shape index (κ2) is 8.33. The number of halogens is 1. The predicted molar refractivity (Wildman–Crippen MR) is 117 cm³/mol. The maximum Gasteiger partial charge on any atom is 0.265 e. The predicted octanol–water partition coefficient (Wildman–Crippen LogP) is 2.48. The van der Waals surface area contributed by atoms with E-state index in [4.69, 9.17) is 5.14 Å². The Balaban J connectivity index is 1.72. The highest BCUT2D eigenvalue weighted by atomic mass is 32.2. The first-order valence-corrected chi connectivity index (χ1v) is 10.9. The van der Waals surface area contributed by atoms with Crippen molar-refractivity contribution in [3.8, 4) is 0 Å². The number of hydrogen-bond acceptors (Lipinski definition) is 5. The molecule has 0 bridgehead atoms. The van der Waals surface area contributed by atoms with E-state index in [1.807, 2.05) is 0 Å². The van der Waals surface area contributed by atoms with Gasteiger partial charge in [0.15, 0.2) is 0 Å². The van der Waals surface area contributed by atoms with Gasteiger partial charge in [0.25, 0.3) is 11.5 Å². The molecule has 3 N–H and O–H groups in total. The average molecular weight is 452 g/mol. The van der Waals surface area contributed by atoms with Crippen molar-refractivity contribution in [2.45, 2.75) is 11.4 Å². The van der Waals surface area contributed by atoms with Crippen molar-refractivity contribution in [3.05, 3.63) is 100 Å². The standard InChI is InChI=1S/C22H17FN4O4S/c23-16-5-3-14(4-6-16)13-27-20-15(2-1-11-25-20)12-19(22(27)29)21(28)26-17-7-9-18(10-8-17)32(24,30)31/h1-12H,13H2,(H,26,28)(H2,24,30,31). The second-order valence-electron chi connectivity index (χ2n) is 7.02. The third-order valence-electron chi connectivity index (χ3n) is 4.79. The van der Waals surface area contributed by atoms with E-state index in [1.165, 1.54) is 53.2 Å². The van der Waals surface area contributed by atoms with Crippen LogP contribution in [0.5, 0.6) is 0 Å². The van der Waals surface area contributed by atoms with Crippen molar-refractivity contribution in [3.63, 3.8) is 0 Å². The first-order chi connectivity index (χ1) is 15.2. The van der Waals surface area contributed by atoms with Gasteiger partial charge in [0.1, 0.15) is 17.0 Å². The summed E-state index contributed by atoms with van der Waals surface area (Å²) in [4.78, 5) is 30.2. The monoisotopic (exact) mass is 452 g/mol. The van der Waals surface area contributed by atoms with Gasteiger partial charge >= 0.3 is 0 Å². The summed E-state index contributed by atoms with van der Waals surface area (Å²) in [5.74, 6) is -1.07. The van der Waals surface area contributed by atoms with Gasteiger partial charge in [0, 0.05) is 17.3 Å². The van der Waals surface area contributed by atoms with Crippen LogP contribution in [0.2, 0.25) is 0 Å². The smallest absolute Gasteiger partial charge is 0.265 e. The Kier molecular flexibility index (Phi) is 5.56. The molecule has 2 heterocycles. The van der Waals surface area contributed by atoms with Crippen LogP contribution in [-0.4, -0.2) is 23.9 Å². The Labute approximate surface area is 182 Å². The molecule has 32 heavy (non-hydrogen) atoms. The lowest BCUT2D eigenvalue weighted by atomic mass is 10.1. The number of aromatic nitrogens is 2. The number of sulfonamides is 1. The van der Waals surface area contributed by atoms with Crippen molar-refractivity contribution in [1.29, 1.82) is 0 Å². The number of nitrogens with zero attached hydrogens (tertiary/aromatic N) is 2. The fraction of sp³-hybridized carbons (Fsp3) is 0.0455. The van der Waals surface area contributed by atoms with Crippen LogP contribution in [0.25, 0.3) is 11.0 Å². The molecule has 0 aliphatic carbocycles. The van der Waals surface area contributed by atoms with Gasteiger partial charge < -0.3 is 5.32 Å². The number of benzene rings is 2. The van der Waals surface area contributed by atoms with Crippen LogP contribution in [-0.2, 0) is 16.6 Å². The van der Waals surface area contributed by atoms with Crippen molar-refractivity contribution < 1.29 is 17.6 Å². The molecule has 0 unspecified atom stereocenters. The SMILES string of the molecule is NS(=O)(=O)c1ccc(NC(=O)c2cc3cccnc3n(Cc3ccc(F)cc3)c2=O)cc1. The molecule has 0 aliphatic heterocycles. The molecule has 0 radical (unpaired) electrons. The summed E-state index contributed by atoms with van der Waals surface area (Å²) < 4.78 is 37.4. The lowest BCUT2D eigenvalue weighted by Gasteiger charge is -2.13. The van der Waals surface area contributed by atoms with Gasteiger partial charge in [-0.25, -0.2) is 22.9 Å². The number of anilines is 1. The molecule has 0 fully saturated rings. The summed E-state index contributed by atoms with van der Waals surface area (Å²) in [5, 5.41) is 8.23. The van der Waals surface area contributed by atoms with Crippen LogP contribution < -0.4 is 16.0 Å². The van der Waals surface area contributed by atoms with Crippen molar-refractivity contribution in [2.75, 3.05) is 5.32 Å². The van der Waals surface area contributed by atoms with Crippen molar-refractivity contribution in [1.82, 2.24) is 9.55 Å². The normalized spacial score (nSPS) is 11.4. The van der Waals surface area contributed by atoms with Gasteiger partial charge in [-0.15, -0.1) is 0 Å². The first kappa shape index (κ1) is 21.3. The van der Waals surface area contributed by atoms with Crippen LogP contribution in [0, 0.1) is 5.82 Å². The van der Waals surface area contributed by atoms with E-state index >= 15 is 0 Å². The quantitative estimate of drug-likeness (QED) is 0.481. The molecule has 10 heteroatoms. The Morgan fingerprint density at radius 3 is 2.41 bits per heavy atom. The van der Waals surface area contributed by atoms with Gasteiger partial charge in [-0.1, -0.05) is 12.1 Å². The Bertz CT molecular complexity index is 1480. The zero-order valence-corrected chi connectivity index (χ0v) is 17.3. The number of hydrogen-bond donors (Lipinski definition) is 2. The van der Waals surface area contributed by atoms with Crippen LogP contribution >= 0.6 is 0 Å². The molecule has 0 atom stereocenters. The summed E-state index contributed by atoms with van der Waals surface area (Å²) in [6.07, 6.45) is 1.54. The summed E-state index contributed by atoms with van der Waals surface area (Å²) in [6, 6.07) is 15.8. The largest absolute Gasteiger partial charge is 0.322 e. The van der Waals surface area contributed by atoms with Crippen molar-refractivity contribution in [2.24, 2.45) is 5.14 Å². The van der Waals surface area contributed by atoms with Gasteiger partial charge in [0.05, 0.1) is 11.4 Å². The van der Waals surface area contributed by atoms with E-state index in [0.717, 1.165) is 0 Å². The molecule has 0 saturated carbocycles. The molecule has 2 aromatic carbocycles. The lowest BCUT2D eigenvalue weighted by molar-refractivity contribution is 0.102. The van der Waals surface area contributed by atoms with E-state index in [0.29, 0.717) is 16.6 Å². The minimum Gasteiger partial charge on any atom is -0.322 e. The molecule has 4 rings (SSSR count). The Morgan fingerprint density at radius 2 is 1.75 bits per heavy atom. The molecule has 162 valence electrons. The summed E-state index contributed by atoms with van der Waals surface area (Å²) in [7, 11) is -3.87. The first-order valence-electron chi connectivity index (χ1n) is 9.39. The number of nitrogens with two attached hydrogens (primary N) is 1. The summed E-state index contributed by atoms with van der Waals surface area (Å²) in [5.41, 5.74) is 0.646. The molecule has 0 spiro atoms. The topological polar surface area (TPSA) is 124 Å². The average Bonchev–Trinajstić information content (AvgIpc) is 2.76. The maximum atomic E-state index is 13.3. The van der Waals surface area contributed by atoms with Crippen LogP contribution in [0.4, 0.5) is 10.1 Å². The Hall–Kier alpha value is -3.89. The minimum absolute atomic E-state index is 0.0941. The van der Waals surface area contributed by atoms with Gasteiger partial charge in [-0.05, 0) is 60.2 Å². The maximum absolute atomic E-state index is 13.3. The van der Waals surface area contributed by atoms with Gasteiger partial charge in [0.2, 0.25) is 10.0 Å². The number of nitrogens with one attached hydrogen (secondary N) is 1. The van der Waals surface area contributed by atoms with Crippen LogP contribution in [0.3, 0.4) is 0 Å². The number of amides is 1. The fourth-order valence-electron chi connectivity index (χ4n) is 3.21. The molecular formula is C22H17FN4O4S. The van der Waals surface area contributed by atoms with Gasteiger partial charge in [-0.2, -0.15) is 0 Å². The number of fused-ring (bicyclic) bond motifs is 1. The molecule has 0 saturated heterocycles. The molecule has 4 aromatic rings. The third kappa shape index (κ3) is 4.41. The van der Waals surface area contributed by atoms with E-state index < -0.39 is 27.3 Å². The van der Waals surface area contributed by atoms with Crippen molar-refractivity contribution >= 4 is 32.7 Å². The minimum atomic E-state index is -3.87. The third-order valence-corrected chi connectivity index (χ3v) is 5.72. The molecule has 0 aliphatic rings. The Morgan fingerprint density at radius 1 is 1.06 bits per heavy atom. The molecule has 1 amide bonds. The summed E-state index contributed by atoms with van der Waals surface area (Å²) in [6.45, 7) is 0.0941. The number of rotatable bonds is 5. The highest BCUT2D eigenvalue weighted by Crippen LogP contribution is 2.16. The molecule has 2 aromatic heterocycles. The molecular weight excluding hydrogens is 435 g/mol. The lowest BCUT2D eigenvalue weighted by Crippen LogP contribution is -2.30. The number of pyridine rings is 2. The molecule has 8 nitrogen and oxygen atoms in total.